The average molecular weight is 665 g/mol. The fraction of sp³-hybridized carbons (Fsp3) is 0.367. The number of nitrogens with zero attached hydrogens (tertiary/aromatic N) is 1. The molecule has 1 aromatic heterocycles. The lowest BCUT2D eigenvalue weighted by Gasteiger charge is -2.49. The van der Waals surface area contributed by atoms with Crippen LogP contribution in [0.2, 0.25) is 10.0 Å². The number of nitrogens with one attached hydrogen (secondary N) is 2. The summed E-state index contributed by atoms with van der Waals surface area (Å²) in [5, 5.41) is 5.35. The molecule has 2 heterocycles. The molecule has 0 radical (unpaired) electrons. The van der Waals surface area contributed by atoms with E-state index in [2.05, 4.69) is 10.0 Å². The molecule has 5 rings (SSSR count). The van der Waals surface area contributed by atoms with Gasteiger partial charge in [-0.25, -0.2) is 17.9 Å². The minimum absolute atomic E-state index is 0.149. The van der Waals surface area contributed by atoms with Gasteiger partial charge in [-0.1, -0.05) is 60.3 Å². The Labute approximate surface area is 264 Å². The minimum Gasteiger partial charge on any atom is -0.465 e. The number of carbonyl (C=O) groups excluding carboxylic acids is 3. The lowest BCUT2D eigenvalue weighted by Crippen LogP contribution is -2.59. The van der Waals surface area contributed by atoms with Gasteiger partial charge in [0.25, 0.3) is 5.91 Å². The van der Waals surface area contributed by atoms with Gasteiger partial charge in [-0.2, -0.15) is 0 Å². The summed E-state index contributed by atoms with van der Waals surface area (Å²) in [6.45, 7) is 0.149. The number of rotatable bonds is 8. The first-order valence-corrected chi connectivity index (χ1v) is 17.3. The monoisotopic (exact) mass is 663 g/mol. The van der Waals surface area contributed by atoms with Gasteiger partial charge >= 0.3 is 5.97 Å². The molecule has 9 nitrogen and oxygen atoms in total. The number of hydrogen-bond acceptors (Lipinski definition) is 7. The standard InChI is InChI=1S/C30H31Cl2N3O6S2/c1-41-30(38)17-13-19(42-16-17)15-33-28(36)26-20-7-3-4-8-21(20)29(37)35(27(26)22-12-11-18(31)14-23(22)32)25-10-6-5-9-24(25)34-43(2,39)40/h3-4,7-8,11-14,16,24-27,34H,5-6,9-10,15H2,1-2H3,(H,33,36)/t24-,25-,26+,27-/m0/s1. The molecule has 1 aliphatic heterocycles. The highest BCUT2D eigenvalue weighted by atomic mass is 35.5. The first-order chi connectivity index (χ1) is 20.5. The van der Waals surface area contributed by atoms with Crippen molar-refractivity contribution in [3.05, 3.63) is 91.1 Å². The van der Waals surface area contributed by atoms with E-state index in [1.807, 2.05) is 0 Å². The van der Waals surface area contributed by atoms with E-state index in [0.717, 1.165) is 24.0 Å². The van der Waals surface area contributed by atoms with E-state index in [1.165, 1.54) is 18.4 Å². The molecule has 2 aliphatic rings. The molecule has 2 amide bonds. The molecular formula is C30H31Cl2N3O6S2. The van der Waals surface area contributed by atoms with Crippen LogP contribution >= 0.6 is 34.5 Å². The van der Waals surface area contributed by atoms with Crippen molar-refractivity contribution in [2.75, 3.05) is 13.4 Å². The Hall–Kier alpha value is -2.96. The van der Waals surface area contributed by atoms with E-state index in [4.69, 9.17) is 27.9 Å². The number of halogens is 2. The van der Waals surface area contributed by atoms with Gasteiger partial charge in [0.1, 0.15) is 0 Å². The Kier molecular flexibility index (Phi) is 9.48. The van der Waals surface area contributed by atoms with Gasteiger partial charge in [-0.05, 0) is 48.2 Å². The van der Waals surface area contributed by atoms with Crippen LogP contribution in [0.5, 0.6) is 0 Å². The Morgan fingerprint density at radius 1 is 1.07 bits per heavy atom. The molecule has 1 saturated carbocycles. The summed E-state index contributed by atoms with van der Waals surface area (Å²) in [5.74, 6) is -2.00. The SMILES string of the molecule is COC(=O)c1csc(CNC(=O)[C@@H]2c3ccccc3C(=O)N([C@H]3CCCC[C@@H]3NS(C)(=O)=O)[C@H]2c2ccc(Cl)cc2Cl)c1. The van der Waals surface area contributed by atoms with Crippen LogP contribution in [0.1, 0.15) is 74.4 Å². The van der Waals surface area contributed by atoms with Gasteiger partial charge in [0.2, 0.25) is 15.9 Å². The normalized spacial score (nSPS) is 22.1. The predicted molar refractivity (Wildman–Crippen MR) is 166 cm³/mol. The number of carbonyl (C=O) groups is 3. The van der Waals surface area contributed by atoms with Crippen molar-refractivity contribution in [2.24, 2.45) is 0 Å². The van der Waals surface area contributed by atoms with E-state index in [-0.39, 0.29) is 23.4 Å². The number of methoxy groups -OCH3 is 1. The molecule has 2 aromatic carbocycles. The number of amides is 2. The number of esters is 1. The molecular weight excluding hydrogens is 633 g/mol. The highest BCUT2D eigenvalue weighted by Crippen LogP contribution is 2.48. The molecule has 1 aliphatic carbocycles. The third-order valence-corrected chi connectivity index (χ3v) is 10.1. The minimum atomic E-state index is -3.59. The lowest BCUT2D eigenvalue weighted by atomic mass is 9.76. The molecule has 0 unspecified atom stereocenters. The molecule has 0 saturated heterocycles. The highest BCUT2D eigenvalue weighted by molar-refractivity contribution is 7.88. The van der Waals surface area contributed by atoms with Crippen LogP contribution in [0.15, 0.2) is 53.9 Å². The van der Waals surface area contributed by atoms with Crippen molar-refractivity contribution in [1.29, 1.82) is 0 Å². The molecule has 0 bridgehead atoms. The maximum atomic E-state index is 14.3. The quantitative estimate of drug-likeness (QED) is 0.316. The van der Waals surface area contributed by atoms with Crippen LogP contribution in [0.3, 0.4) is 0 Å². The number of ether oxygens (including phenoxy) is 1. The van der Waals surface area contributed by atoms with E-state index in [1.54, 1.807) is 58.8 Å². The predicted octanol–water partition coefficient (Wildman–Crippen LogP) is 5.30. The van der Waals surface area contributed by atoms with Gasteiger partial charge in [0.05, 0.1) is 37.4 Å². The number of thiophene rings is 1. The topological polar surface area (TPSA) is 122 Å². The first-order valence-electron chi connectivity index (χ1n) is 13.8. The number of benzene rings is 2. The lowest BCUT2D eigenvalue weighted by molar-refractivity contribution is -0.124. The van der Waals surface area contributed by atoms with Crippen molar-refractivity contribution < 1.29 is 27.5 Å². The zero-order chi connectivity index (χ0) is 30.9. The third kappa shape index (κ3) is 6.76. The van der Waals surface area contributed by atoms with Crippen molar-refractivity contribution in [3.63, 3.8) is 0 Å². The van der Waals surface area contributed by atoms with Gasteiger partial charge < -0.3 is 15.0 Å². The highest BCUT2D eigenvalue weighted by Gasteiger charge is 2.49. The zero-order valence-electron chi connectivity index (χ0n) is 23.5. The number of hydrogen-bond donors (Lipinski definition) is 2. The van der Waals surface area contributed by atoms with Crippen molar-refractivity contribution in [3.8, 4) is 0 Å². The van der Waals surface area contributed by atoms with Crippen LogP contribution < -0.4 is 10.0 Å². The Balaban J connectivity index is 1.60. The number of fused-ring (bicyclic) bond motifs is 1. The van der Waals surface area contributed by atoms with Crippen LogP contribution in [0.25, 0.3) is 0 Å². The summed E-state index contributed by atoms with van der Waals surface area (Å²) in [7, 11) is -2.28. The average Bonchev–Trinajstić information content (AvgIpc) is 3.44. The van der Waals surface area contributed by atoms with Crippen molar-refractivity contribution >= 4 is 62.3 Å². The van der Waals surface area contributed by atoms with E-state index in [0.29, 0.717) is 40.1 Å². The summed E-state index contributed by atoms with van der Waals surface area (Å²) < 4.78 is 32.3. The Bertz CT molecular complexity index is 1660. The molecule has 13 heteroatoms. The summed E-state index contributed by atoms with van der Waals surface area (Å²) in [4.78, 5) is 42.9. The maximum absolute atomic E-state index is 14.3. The van der Waals surface area contributed by atoms with Gasteiger partial charge in [-0.15, -0.1) is 11.3 Å². The van der Waals surface area contributed by atoms with Crippen LogP contribution in [0.4, 0.5) is 0 Å². The third-order valence-electron chi connectivity index (χ3n) is 7.90. The van der Waals surface area contributed by atoms with Crippen molar-refractivity contribution in [1.82, 2.24) is 14.9 Å². The van der Waals surface area contributed by atoms with E-state index >= 15 is 0 Å². The second-order valence-electron chi connectivity index (χ2n) is 10.7. The van der Waals surface area contributed by atoms with Crippen LogP contribution in [-0.2, 0) is 26.1 Å². The Morgan fingerprint density at radius 3 is 2.53 bits per heavy atom. The summed E-state index contributed by atoms with van der Waals surface area (Å²) in [6, 6.07) is 11.7. The Morgan fingerprint density at radius 2 is 1.81 bits per heavy atom. The second-order valence-corrected chi connectivity index (χ2v) is 14.4. The van der Waals surface area contributed by atoms with E-state index in [9.17, 15) is 22.8 Å². The molecule has 3 aromatic rings. The largest absolute Gasteiger partial charge is 0.465 e. The molecule has 2 N–H and O–H groups in total. The molecule has 0 spiro atoms. The van der Waals surface area contributed by atoms with E-state index < -0.39 is 40.0 Å². The van der Waals surface area contributed by atoms with Gasteiger partial charge in [-0.3, -0.25) is 9.59 Å². The molecule has 1 fully saturated rings. The van der Waals surface area contributed by atoms with Gasteiger partial charge in [0.15, 0.2) is 0 Å². The zero-order valence-corrected chi connectivity index (χ0v) is 26.7. The molecule has 228 valence electrons. The summed E-state index contributed by atoms with van der Waals surface area (Å²) in [5.41, 5.74) is 1.84. The second kappa shape index (κ2) is 13.0. The smallest absolute Gasteiger partial charge is 0.338 e. The van der Waals surface area contributed by atoms with Gasteiger partial charge in [0, 0.05) is 37.9 Å². The van der Waals surface area contributed by atoms with Crippen molar-refractivity contribution in [2.45, 2.75) is 56.3 Å². The fourth-order valence-corrected chi connectivity index (χ4v) is 8.25. The van der Waals surface area contributed by atoms with Crippen LogP contribution in [0, 0.1) is 0 Å². The number of sulfonamides is 1. The summed E-state index contributed by atoms with van der Waals surface area (Å²) in [6.07, 6.45) is 3.78. The molecule has 43 heavy (non-hydrogen) atoms. The van der Waals surface area contributed by atoms with Crippen LogP contribution in [-0.4, -0.2) is 56.6 Å². The maximum Gasteiger partial charge on any atom is 0.338 e. The fourth-order valence-electron chi connectivity index (χ4n) is 6.11. The summed E-state index contributed by atoms with van der Waals surface area (Å²) >= 11 is 14.3. The first kappa shape index (κ1) is 31.5. The molecule has 4 atom stereocenters.